The van der Waals surface area contributed by atoms with Crippen LogP contribution in [0.15, 0.2) is 33.9 Å². The maximum absolute atomic E-state index is 13.0. The molecule has 0 aliphatic heterocycles. The number of hydrogen-bond donors (Lipinski definition) is 3. The molecular weight excluding hydrogens is 395 g/mol. The van der Waals surface area contributed by atoms with Crippen molar-refractivity contribution in [3.63, 3.8) is 0 Å². The lowest BCUT2D eigenvalue weighted by Crippen LogP contribution is -2.43. The van der Waals surface area contributed by atoms with Gasteiger partial charge in [-0.2, -0.15) is 0 Å². The molecule has 0 amide bonds. The van der Waals surface area contributed by atoms with Crippen molar-refractivity contribution in [3.05, 3.63) is 50.9 Å². The van der Waals surface area contributed by atoms with Gasteiger partial charge in [-0.3, -0.25) is 14.3 Å². The Bertz CT molecular complexity index is 913. The van der Waals surface area contributed by atoms with Gasteiger partial charge in [0.1, 0.15) is 35.8 Å². The van der Waals surface area contributed by atoms with Crippen molar-refractivity contribution in [2.75, 3.05) is 44.0 Å². The molecule has 0 bridgehead atoms. The SMILES string of the molecule is CCCCn1c(N)c(N(CCOC)CC(O)COc2ccc(F)cc2)c(=O)[nH]c1=O. The van der Waals surface area contributed by atoms with E-state index in [9.17, 15) is 19.1 Å². The molecule has 4 N–H and O–H groups in total. The number of nitrogens with zero attached hydrogens (tertiary/aromatic N) is 2. The van der Waals surface area contributed by atoms with Gasteiger partial charge >= 0.3 is 5.69 Å². The average Bonchev–Trinajstić information content (AvgIpc) is 2.71. The predicted octanol–water partition coefficient (Wildman–Crippen LogP) is 0.951. The first-order chi connectivity index (χ1) is 14.4. The van der Waals surface area contributed by atoms with E-state index in [0.717, 1.165) is 12.8 Å². The number of nitrogens with two attached hydrogens (primary N) is 1. The van der Waals surface area contributed by atoms with Crippen LogP contribution in [0.3, 0.4) is 0 Å². The fourth-order valence-corrected chi connectivity index (χ4v) is 2.95. The van der Waals surface area contributed by atoms with E-state index in [1.165, 1.54) is 35.9 Å². The minimum atomic E-state index is -0.985. The van der Waals surface area contributed by atoms with E-state index in [-0.39, 0.29) is 43.6 Å². The summed E-state index contributed by atoms with van der Waals surface area (Å²) in [6.45, 7) is 2.84. The molecule has 0 aliphatic carbocycles. The molecule has 10 heteroatoms. The van der Waals surface area contributed by atoms with Crippen molar-refractivity contribution in [1.29, 1.82) is 0 Å². The van der Waals surface area contributed by atoms with E-state index in [0.29, 0.717) is 12.3 Å². The van der Waals surface area contributed by atoms with Crippen LogP contribution in [0.4, 0.5) is 15.9 Å². The second-order valence-electron chi connectivity index (χ2n) is 6.86. The highest BCUT2D eigenvalue weighted by atomic mass is 19.1. The number of halogens is 1. The smallest absolute Gasteiger partial charge is 0.330 e. The fraction of sp³-hybridized carbons (Fsp3) is 0.500. The van der Waals surface area contributed by atoms with Crippen molar-refractivity contribution >= 4 is 11.5 Å². The van der Waals surface area contributed by atoms with Crippen LogP contribution < -0.4 is 26.6 Å². The maximum atomic E-state index is 13.0. The minimum absolute atomic E-state index is 0.0177. The van der Waals surface area contributed by atoms with Crippen molar-refractivity contribution in [3.8, 4) is 5.75 Å². The fourth-order valence-electron chi connectivity index (χ4n) is 2.95. The quantitative estimate of drug-likeness (QED) is 0.464. The van der Waals surface area contributed by atoms with Crippen LogP contribution in [-0.4, -0.2) is 54.2 Å². The summed E-state index contributed by atoms with van der Waals surface area (Å²) in [4.78, 5) is 28.5. The average molecular weight is 424 g/mol. The largest absolute Gasteiger partial charge is 0.491 e. The maximum Gasteiger partial charge on any atom is 0.330 e. The second kappa shape index (κ2) is 11.4. The molecule has 0 radical (unpaired) electrons. The summed E-state index contributed by atoms with van der Waals surface area (Å²) in [7, 11) is 1.52. The van der Waals surface area contributed by atoms with Gasteiger partial charge in [0.2, 0.25) is 0 Å². The molecule has 0 aliphatic rings. The number of hydrogen-bond acceptors (Lipinski definition) is 7. The van der Waals surface area contributed by atoms with Gasteiger partial charge in [-0.05, 0) is 30.7 Å². The van der Waals surface area contributed by atoms with E-state index in [1.54, 1.807) is 4.90 Å². The zero-order valence-electron chi connectivity index (χ0n) is 17.3. The Kier molecular flexibility index (Phi) is 8.88. The van der Waals surface area contributed by atoms with Gasteiger partial charge in [0.05, 0.1) is 6.61 Å². The number of ether oxygens (including phenoxy) is 2. The molecule has 1 atom stereocenters. The van der Waals surface area contributed by atoms with Crippen LogP contribution in [0.1, 0.15) is 19.8 Å². The third-order valence-electron chi connectivity index (χ3n) is 4.52. The van der Waals surface area contributed by atoms with E-state index >= 15 is 0 Å². The van der Waals surface area contributed by atoms with E-state index in [2.05, 4.69) is 4.98 Å². The van der Waals surface area contributed by atoms with E-state index in [4.69, 9.17) is 15.2 Å². The molecule has 9 nitrogen and oxygen atoms in total. The number of nitrogen functional groups attached to an aromatic ring is 1. The summed E-state index contributed by atoms with van der Waals surface area (Å²) < 4.78 is 24.9. The number of aliphatic hydroxyl groups excluding tert-OH is 1. The Morgan fingerprint density at radius 3 is 2.63 bits per heavy atom. The van der Waals surface area contributed by atoms with Crippen LogP contribution in [0, 0.1) is 5.82 Å². The van der Waals surface area contributed by atoms with Gasteiger partial charge in [-0.1, -0.05) is 13.3 Å². The van der Waals surface area contributed by atoms with Crippen molar-refractivity contribution in [2.45, 2.75) is 32.4 Å². The Morgan fingerprint density at radius 2 is 2.00 bits per heavy atom. The van der Waals surface area contributed by atoms with Crippen LogP contribution in [0.5, 0.6) is 5.75 Å². The molecule has 1 heterocycles. The summed E-state index contributed by atoms with van der Waals surface area (Å²) in [5, 5.41) is 10.4. The summed E-state index contributed by atoms with van der Waals surface area (Å²) in [5.41, 5.74) is 5.07. The third kappa shape index (κ3) is 6.33. The minimum Gasteiger partial charge on any atom is -0.491 e. The van der Waals surface area contributed by atoms with Crippen molar-refractivity contribution in [1.82, 2.24) is 9.55 Å². The molecule has 0 spiro atoms. The number of H-pyrrole nitrogens is 1. The standard InChI is InChI=1S/C20H29FN4O5/c1-3-4-9-25-18(22)17(19(27)23-20(25)28)24(10-11-29-2)12-15(26)13-30-16-7-5-14(21)6-8-16/h5-8,15,26H,3-4,9-13,22H2,1-2H3,(H,23,27,28). The first-order valence-electron chi connectivity index (χ1n) is 9.80. The van der Waals surface area contributed by atoms with Crippen LogP contribution >= 0.6 is 0 Å². The molecule has 1 aromatic heterocycles. The van der Waals surface area contributed by atoms with Crippen molar-refractivity contribution < 1.29 is 19.0 Å². The first-order valence-corrected chi connectivity index (χ1v) is 9.80. The lowest BCUT2D eigenvalue weighted by Gasteiger charge is -2.28. The molecule has 1 unspecified atom stereocenters. The van der Waals surface area contributed by atoms with Gasteiger partial charge in [-0.15, -0.1) is 0 Å². The number of nitrogens with one attached hydrogen (secondary N) is 1. The summed E-state index contributed by atoms with van der Waals surface area (Å²) >= 11 is 0. The van der Waals surface area contributed by atoms with E-state index in [1.807, 2.05) is 6.92 Å². The number of rotatable bonds is 12. The number of unbranched alkanes of at least 4 members (excludes halogenated alkanes) is 1. The molecule has 1 aromatic carbocycles. The van der Waals surface area contributed by atoms with Crippen LogP contribution in [0.25, 0.3) is 0 Å². The number of aliphatic hydroxyl groups is 1. The molecular formula is C20H29FN4O5. The highest BCUT2D eigenvalue weighted by Crippen LogP contribution is 2.18. The lowest BCUT2D eigenvalue weighted by atomic mass is 10.2. The molecule has 30 heavy (non-hydrogen) atoms. The van der Waals surface area contributed by atoms with Crippen LogP contribution in [0.2, 0.25) is 0 Å². The van der Waals surface area contributed by atoms with Gasteiger partial charge in [0.25, 0.3) is 5.56 Å². The zero-order chi connectivity index (χ0) is 22.1. The van der Waals surface area contributed by atoms with Crippen LogP contribution in [-0.2, 0) is 11.3 Å². The van der Waals surface area contributed by atoms with Gasteiger partial charge in [-0.25, -0.2) is 9.18 Å². The summed E-state index contributed by atoms with van der Waals surface area (Å²) in [6.07, 6.45) is 0.594. The highest BCUT2D eigenvalue weighted by molar-refractivity contribution is 5.62. The molecule has 0 saturated heterocycles. The zero-order valence-corrected chi connectivity index (χ0v) is 17.3. The Hall–Kier alpha value is -2.85. The molecule has 2 aromatic rings. The Balaban J connectivity index is 2.20. The molecule has 0 saturated carbocycles. The van der Waals surface area contributed by atoms with Gasteiger partial charge < -0.3 is 25.2 Å². The highest BCUT2D eigenvalue weighted by Gasteiger charge is 2.21. The number of methoxy groups -OCH3 is 1. The molecule has 0 fully saturated rings. The lowest BCUT2D eigenvalue weighted by molar-refractivity contribution is 0.110. The van der Waals surface area contributed by atoms with Gasteiger partial charge in [0.15, 0.2) is 0 Å². The van der Waals surface area contributed by atoms with Crippen molar-refractivity contribution in [2.24, 2.45) is 0 Å². The van der Waals surface area contributed by atoms with Gasteiger partial charge in [0, 0.05) is 26.7 Å². The summed E-state index contributed by atoms with van der Waals surface area (Å²) in [6, 6.07) is 5.42. The van der Waals surface area contributed by atoms with E-state index < -0.39 is 17.4 Å². The first kappa shape index (κ1) is 23.4. The topological polar surface area (TPSA) is 123 Å². The molecule has 166 valence electrons. The monoisotopic (exact) mass is 424 g/mol. The normalized spacial score (nSPS) is 12.0. The number of aromatic amines is 1. The second-order valence-corrected chi connectivity index (χ2v) is 6.86. The molecule has 2 rings (SSSR count). The number of benzene rings is 1. The summed E-state index contributed by atoms with van der Waals surface area (Å²) in [5.74, 6) is 0.0610. The Labute approximate surface area is 173 Å². The third-order valence-corrected chi connectivity index (χ3v) is 4.52. The Morgan fingerprint density at radius 1 is 1.30 bits per heavy atom. The number of anilines is 2. The predicted molar refractivity (Wildman–Crippen MR) is 113 cm³/mol. The number of aromatic nitrogens is 2.